The molecule has 1 unspecified atom stereocenters. The van der Waals surface area contributed by atoms with E-state index in [0.29, 0.717) is 0 Å². The van der Waals surface area contributed by atoms with Gasteiger partial charge in [0.2, 0.25) is 0 Å². The van der Waals surface area contributed by atoms with Crippen molar-refractivity contribution < 1.29 is 0 Å². The molecule has 25 heavy (non-hydrogen) atoms. The molecule has 0 radical (unpaired) electrons. The molecule has 0 fully saturated rings. The van der Waals surface area contributed by atoms with Gasteiger partial charge in [-0.25, -0.2) is 9.97 Å². The molecule has 1 atom stereocenters. The van der Waals surface area contributed by atoms with Crippen LogP contribution in [0.15, 0.2) is 41.9 Å². The minimum Gasteiger partial charge on any atom is -0.361 e. The zero-order chi connectivity index (χ0) is 17.4. The molecule has 0 bridgehead atoms. The highest BCUT2D eigenvalue weighted by atomic mass is 32.1. The third-order valence-electron chi connectivity index (χ3n) is 4.25. The van der Waals surface area contributed by atoms with Crippen LogP contribution in [-0.4, -0.2) is 15.0 Å². The minimum absolute atomic E-state index is 0.0649. The van der Waals surface area contributed by atoms with Gasteiger partial charge in [0.15, 0.2) is 5.82 Å². The number of anilines is 1. The maximum atomic E-state index is 4.85. The molecule has 4 nitrogen and oxygen atoms in total. The molecule has 4 aromatic rings. The van der Waals surface area contributed by atoms with Crippen molar-refractivity contribution in [3.8, 4) is 10.7 Å². The number of hydrogen-bond acceptors (Lipinski definition) is 6. The first-order valence-electron chi connectivity index (χ1n) is 8.12. The highest BCUT2D eigenvalue weighted by Crippen LogP contribution is 2.36. The Morgan fingerprint density at radius 3 is 2.68 bits per heavy atom. The summed E-state index contributed by atoms with van der Waals surface area (Å²) in [6, 6.07) is 10.1. The number of pyridine rings is 1. The van der Waals surface area contributed by atoms with Gasteiger partial charge >= 0.3 is 0 Å². The molecule has 0 aromatic carbocycles. The Labute approximate surface area is 154 Å². The molecule has 4 rings (SSSR count). The largest absolute Gasteiger partial charge is 0.361 e. The number of rotatable bonds is 4. The molecule has 6 heteroatoms. The molecule has 0 amide bonds. The molecular formula is C19H18N4S2. The fourth-order valence-corrected chi connectivity index (χ4v) is 4.47. The van der Waals surface area contributed by atoms with Crippen molar-refractivity contribution in [3.63, 3.8) is 0 Å². The summed E-state index contributed by atoms with van der Waals surface area (Å²) in [7, 11) is 0. The minimum atomic E-state index is 0.0649. The van der Waals surface area contributed by atoms with Crippen LogP contribution < -0.4 is 5.32 Å². The van der Waals surface area contributed by atoms with Crippen LogP contribution in [0.4, 0.5) is 5.82 Å². The lowest BCUT2D eigenvalue weighted by Gasteiger charge is -2.15. The molecule has 4 aromatic heterocycles. The Morgan fingerprint density at radius 1 is 1.08 bits per heavy atom. The summed E-state index contributed by atoms with van der Waals surface area (Å²) in [4.78, 5) is 17.5. The Morgan fingerprint density at radius 2 is 1.96 bits per heavy atom. The van der Waals surface area contributed by atoms with Crippen molar-refractivity contribution >= 4 is 38.7 Å². The number of aromatic nitrogens is 3. The molecule has 0 saturated carbocycles. The molecule has 126 valence electrons. The maximum absolute atomic E-state index is 4.85. The second kappa shape index (κ2) is 6.54. The van der Waals surface area contributed by atoms with Gasteiger partial charge in [-0.3, -0.25) is 4.98 Å². The van der Waals surface area contributed by atoms with Crippen LogP contribution in [0.3, 0.4) is 0 Å². The third kappa shape index (κ3) is 3.03. The fourth-order valence-electron chi connectivity index (χ4n) is 2.78. The van der Waals surface area contributed by atoms with Gasteiger partial charge in [0.05, 0.1) is 22.0 Å². The molecular weight excluding hydrogens is 348 g/mol. The Kier molecular flexibility index (Phi) is 4.23. The number of fused-ring (bicyclic) bond motifs is 1. The van der Waals surface area contributed by atoms with Crippen LogP contribution in [-0.2, 0) is 0 Å². The first-order chi connectivity index (χ1) is 12.1. The van der Waals surface area contributed by atoms with E-state index in [4.69, 9.17) is 9.97 Å². The van der Waals surface area contributed by atoms with Crippen molar-refractivity contribution in [1.82, 2.24) is 15.0 Å². The average molecular weight is 367 g/mol. The highest BCUT2D eigenvalue weighted by Gasteiger charge is 2.18. The highest BCUT2D eigenvalue weighted by molar-refractivity contribution is 7.19. The lowest BCUT2D eigenvalue weighted by molar-refractivity contribution is 0.833. The zero-order valence-corrected chi connectivity index (χ0v) is 15.9. The number of thiophene rings is 2. The van der Waals surface area contributed by atoms with E-state index in [9.17, 15) is 0 Å². The van der Waals surface area contributed by atoms with Crippen molar-refractivity contribution in [2.75, 3.05) is 5.32 Å². The summed E-state index contributed by atoms with van der Waals surface area (Å²) < 4.78 is 0. The van der Waals surface area contributed by atoms with Gasteiger partial charge < -0.3 is 5.32 Å². The predicted octanol–water partition coefficient (Wildman–Crippen LogP) is 5.60. The molecule has 0 saturated heterocycles. The number of hydrogen-bond donors (Lipinski definition) is 1. The topological polar surface area (TPSA) is 50.7 Å². The Hall–Kier alpha value is -2.31. The smallest absolute Gasteiger partial charge is 0.173 e. The van der Waals surface area contributed by atoms with E-state index in [2.05, 4.69) is 42.5 Å². The van der Waals surface area contributed by atoms with Gasteiger partial charge in [-0.2, -0.15) is 0 Å². The van der Waals surface area contributed by atoms with Gasteiger partial charge in [-0.1, -0.05) is 12.1 Å². The number of nitrogens with zero attached hydrogens (tertiary/aromatic N) is 3. The molecule has 4 heterocycles. The Balaban J connectivity index is 1.83. The van der Waals surface area contributed by atoms with E-state index in [0.717, 1.165) is 32.4 Å². The van der Waals surface area contributed by atoms with Gasteiger partial charge in [0.1, 0.15) is 10.6 Å². The van der Waals surface area contributed by atoms with E-state index in [1.807, 2.05) is 30.5 Å². The van der Waals surface area contributed by atoms with Crippen LogP contribution in [0, 0.1) is 13.8 Å². The monoisotopic (exact) mass is 366 g/mol. The normalized spacial score (nSPS) is 12.4. The van der Waals surface area contributed by atoms with Gasteiger partial charge in [-0.05, 0) is 49.9 Å². The van der Waals surface area contributed by atoms with Crippen LogP contribution in [0.25, 0.3) is 20.9 Å². The summed E-state index contributed by atoms with van der Waals surface area (Å²) in [6.45, 7) is 6.38. The zero-order valence-electron chi connectivity index (χ0n) is 14.3. The molecule has 0 aliphatic heterocycles. The second-order valence-electron chi connectivity index (χ2n) is 5.96. The first kappa shape index (κ1) is 16.2. The summed E-state index contributed by atoms with van der Waals surface area (Å²) >= 11 is 3.38. The summed E-state index contributed by atoms with van der Waals surface area (Å²) in [6.07, 6.45) is 1.82. The number of aryl methyl sites for hydroxylation is 2. The molecule has 0 spiro atoms. The van der Waals surface area contributed by atoms with Crippen molar-refractivity contribution in [3.05, 3.63) is 58.0 Å². The van der Waals surface area contributed by atoms with Gasteiger partial charge in [0, 0.05) is 11.1 Å². The average Bonchev–Trinajstić information content (AvgIpc) is 3.25. The molecule has 1 N–H and O–H groups in total. The maximum Gasteiger partial charge on any atom is 0.173 e. The third-order valence-corrected chi connectivity index (χ3v) is 6.22. The number of nitrogens with one attached hydrogen (secondary N) is 1. The standard InChI is InChI=1S/C19H18N4S2/c1-11-13(3)25-19-16(11)18(21-12(2)14-7-4-5-9-20-14)22-17(23-19)15-8-6-10-24-15/h4-10,12H,1-3H3,(H,21,22,23). The van der Waals surface area contributed by atoms with E-state index in [-0.39, 0.29) is 6.04 Å². The lowest BCUT2D eigenvalue weighted by atomic mass is 10.1. The molecule has 0 aliphatic rings. The second-order valence-corrected chi connectivity index (χ2v) is 8.11. The quantitative estimate of drug-likeness (QED) is 0.510. The Bertz CT molecular complexity index is 1010. The summed E-state index contributed by atoms with van der Waals surface area (Å²) in [5, 5.41) is 6.72. The predicted molar refractivity (Wildman–Crippen MR) is 106 cm³/mol. The van der Waals surface area contributed by atoms with Crippen LogP contribution in [0.2, 0.25) is 0 Å². The van der Waals surface area contributed by atoms with Crippen LogP contribution >= 0.6 is 22.7 Å². The van der Waals surface area contributed by atoms with E-state index in [1.54, 1.807) is 22.7 Å². The lowest BCUT2D eigenvalue weighted by Crippen LogP contribution is -2.10. The van der Waals surface area contributed by atoms with E-state index in [1.165, 1.54) is 10.4 Å². The van der Waals surface area contributed by atoms with Crippen molar-refractivity contribution in [1.29, 1.82) is 0 Å². The van der Waals surface area contributed by atoms with Gasteiger partial charge in [-0.15, -0.1) is 22.7 Å². The van der Waals surface area contributed by atoms with Crippen LogP contribution in [0.1, 0.15) is 29.1 Å². The van der Waals surface area contributed by atoms with E-state index >= 15 is 0 Å². The first-order valence-corrected chi connectivity index (χ1v) is 9.82. The fraction of sp³-hybridized carbons (Fsp3) is 0.211. The van der Waals surface area contributed by atoms with E-state index < -0.39 is 0 Å². The van der Waals surface area contributed by atoms with Gasteiger partial charge in [0.25, 0.3) is 0 Å². The van der Waals surface area contributed by atoms with Crippen molar-refractivity contribution in [2.24, 2.45) is 0 Å². The van der Waals surface area contributed by atoms with Crippen LogP contribution in [0.5, 0.6) is 0 Å². The molecule has 0 aliphatic carbocycles. The summed E-state index contributed by atoms with van der Waals surface area (Å²) in [5.41, 5.74) is 2.24. The summed E-state index contributed by atoms with van der Waals surface area (Å²) in [5.74, 6) is 1.66. The van der Waals surface area contributed by atoms with Crippen molar-refractivity contribution in [2.45, 2.75) is 26.8 Å². The SMILES string of the molecule is Cc1sc2nc(-c3cccs3)nc(NC(C)c3ccccn3)c2c1C.